The summed E-state index contributed by atoms with van der Waals surface area (Å²) in [6, 6.07) is 0. The van der Waals surface area contributed by atoms with Gasteiger partial charge in [0.25, 0.3) is 0 Å². The molecule has 13 heavy (non-hydrogen) atoms. The molecule has 0 N–H and O–H groups in total. The fraction of sp³-hybridized carbons (Fsp3) is 0.500. The third-order valence-corrected chi connectivity index (χ3v) is 1.87. The molecule has 74 valence electrons. The maximum absolute atomic E-state index is 12.8. The number of halogens is 5. The lowest BCUT2D eigenvalue weighted by molar-refractivity contribution is -0.0936. The first-order valence-electron chi connectivity index (χ1n) is 3.65. The lowest BCUT2D eigenvalue weighted by Crippen LogP contribution is -2.17. The molecule has 0 saturated heterocycles. The fourth-order valence-corrected chi connectivity index (χ4v) is 1.14. The third-order valence-electron chi connectivity index (χ3n) is 1.87. The molecular weight excluding hydrogens is 191 g/mol. The molecule has 1 rings (SSSR count). The summed E-state index contributed by atoms with van der Waals surface area (Å²) in [7, 11) is 0. The summed E-state index contributed by atoms with van der Waals surface area (Å²) >= 11 is 0. The van der Waals surface area contributed by atoms with Crippen molar-refractivity contribution < 1.29 is 22.0 Å². The first-order chi connectivity index (χ1) is 5.84. The van der Waals surface area contributed by atoms with Crippen molar-refractivity contribution in [2.45, 2.75) is 25.9 Å². The molecular formula is C8H7F5. The fourth-order valence-electron chi connectivity index (χ4n) is 1.14. The van der Waals surface area contributed by atoms with E-state index in [0.29, 0.717) is 0 Å². The lowest BCUT2D eigenvalue weighted by Gasteiger charge is -2.17. The first kappa shape index (κ1) is 10.2. The van der Waals surface area contributed by atoms with Crippen molar-refractivity contribution in [3.8, 4) is 0 Å². The highest BCUT2D eigenvalue weighted by Crippen LogP contribution is 2.41. The second kappa shape index (κ2) is 3.12. The van der Waals surface area contributed by atoms with Gasteiger partial charge in [-0.25, -0.2) is 8.78 Å². The summed E-state index contributed by atoms with van der Waals surface area (Å²) in [5.74, 6) is -2.87. The van der Waals surface area contributed by atoms with Gasteiger partial charge in [-0.05, 0) is 18.9 Å². The predicted octanol–water partition coefficient (Wildman–Crippen LogP) is 3.81. The topological polar surface area (TPSA) is 0 Å². The highest BCUT2D eigenvalue weighted by molar-refractivity contribution is 5.38. The van der Waals surface area contributed by atoms with E-state index in [0.717, 1.165) is 0 Å². The quantitative estimate of drug-likeness (QED) is 0.519. The number of hydrogen-bond acceptors (Lipinski definition) is 0. The summed E-state index contributed by atoms with van der Waals surface area (Å²) in [6.45, 7) is 1.23. The number of allylic oxidation sites excluding steroid dienone is 4. The Morgan fingerprint density at radius 3 is 2.00 bits per heavy atom. The highest BCUT2D eigenvalue weighted by atomic mass is 19.4. The van der Waals surface area contributed by atoms with Crippen LogP contribution in [0.2, 0.25) is 0 Å². The summed E-state index contributed by atoms with van der Waals surface area (Å²) in [5.41, 5.74) is -1.79. The minimum atomic E-state index is -4.93. The van der Waals surface area contributed by atoms with Gasteiger partial charge in [0, 0.05) is 6.42 Å². The van der Waals surface area contributed by atoms with Crippen LogP contribution in [0.25, 0.3) is 0 Å². The van der Waals surface area contributed by atoms with Gasteiger partial charge in [-0.3, -0.25) is 0 Å². The van der Waals surface area contributed by atoms with Gasteiger partial charge >= 0.3 is 6.18 Å². The van der Waals surface area contributed by atoms with Crippen molar-refractivity contribution in [1.29, 1.82) is 0 Å². The smallest absolute Gasteiger partial charge is 0.211 e. The molecule has 0 saturated carbocycles. The molecule has 0 aromatic heterocycles. The van der Waals surface area contributed by atoms with Crippen LogP contribution in [0.1, 0.15) is 19.8 Å². The Bertz CT molecular complexity index is 281. The van der Waals surface area contributed by atoms with Gasteiger partial charge in [-0.2, -0.15) is 13.2 Å². The molecule has 0 aromatic rings. The van der Waals surface area contributed by atoms with E-state index in [2.05, 4.69) is 0 Å². The molecule has 5 heteroatoms. The van der Waals surface area contributed by atoms with Crippen LogP contribution in [-0.2, 0) is 0 Å². The summed E-state index contributed by atoms with van der Waals surface area (Å²) < 4.78 is 61.6. The van der Waals surface area contributed by atoms with Crippen LogP contribution in [0.4, 0.5) is 22.0 Å². The van der Waals surface area contributed by atoms with Crippen molar-refractivity contribution in [2.24, 2.45) is 0 Å². The molecule has 0 bridgehead atoms. The largest absolute Gasteiger partial charge is 0.421 e. The highest BCUT2D eigenvalue weighted by Gasteiger charge is 2.41. The summed E-state index contributed by atoms with van der Waals surface area (Å²) in [5, 5.41) is 0. The Morgan fingerprint density at radius 2 is 1.62 bits per heavy atom. The van der Waals surface area contributed by atoms with Crippen LogP contribution in [0.15, 0.2) is 22.8 Å². The maximum atomic E-state index is 12.8. The van der Waals surface area contributed by atoms with Crippen LogP contribution in [0, 0.1) is 0 Å². The van der Waals surface area contributed by atoms with Gasteiger partial charge in [0.2, 0.25) is 0 Å². The number of alkyl halides is 3. The number of hydrogen-bond donors (Lipinski definition) is 0. The van der Waals surface area contributed by atoms with Crippen LogP contribution in [0.5, 0.6) is 0 Å². The van der Waals surface area contributed by atoms with Crippen LogP contribution in [0.3, 0.4) is 0 Å². The zero-order valence-corrected chi connectivity index (χ0v) is 6.80. The van der Waals surface area contributed by atoms with E-state index in [1.165, 1.54) is 6.92 Å². The van der Waals surface area contributed by atoms with E-state index in [1.54, 1.807) is 0 Å². The monoisotopic (exact) mass is 198 g/mol. The third kappa shape index (κ3) is 1.89. The van der Waals surface area contributed by atoms with Crippen molar-refractivity contribution in [2.75, 3.05) is 0 Å². The van der Waals surface area contributed by atoms with Gasteiger partial charge in [-0.15, -0.1) is 0 Å². The normalized spacial score (nSPS) is 19.8. The number of rotatable bonds is 0. The molecule has 0 heterocycles. The standard InChI is InChI=1S/C8H7F5/c1-4-2-3-5(9)6(7(4)10)8(11,12)13/h2-3H2,1H3. The van der Waals surface area contributed by atoms with Crippen LogP contribution < -0.4 is 0 Å². The second-order valence-electron chi connectivity index (χ2n) is 2.87. The van der Waals surface area contributed by atoms with Gasteiger partial charge in [-0.1, -0.05) is 0 Å². The Hall–Kier alpha value is -0.870. The van der Waals surface area contributed by atoms with Gasteiger partial charge < -0.3 is 0 Å². The Kier molecular flexibility index (Phi) is 2.45. The van der Waals surface area contributed by atoms with Gasteiger partial charge in [0.1, 0.15) is 17.2 Å². The molecule has 0 radical (unpaired) electrons. The second-order valence-corrected chi connectivity index (χ2v) is 2.87. The van der Waals surface area contributed by atoms with E-state index in [-0.39, 0.29) is 18.4 Å². The molecule has 1 aliphatic carbocycles. The lowest BCUT2D eigenvalue weighted by atomic mass is 9.98. The molecule has 0 spiro atoms. The summed E-state index contributed by atoms with van der Waals surface area (Å²) in [6.07, 6.45) is -5.29. The zero-order valence-electron chi connectivity index (χ0n) is 6.80. The molecule has 0 fully saturated rings. The average molecular weight is 198 g/mol. The van der Waals surface area contributed by atoms with E-state index in [9.17, 15) is 22.0 Å². The SMILES string of the molecule is CC1=C(F)C(C(F)(F)F)=C(F)CC1. The van der Waals surface area contributed by atoms with E-state index >= 15 is 0 Å². The molecule has 0 aromatic carbocycles. The van der Waals surface area contributed by atoms with Gasteiger partial charge in [0.15, 0.2) is 0 Å². The van der Waals surface area contributed by atoms with E-state index in [4.69, 9.17) is 0 Å². The average Bonchev–Trinajstić information content (AvgIpc) is 1.95. The van der Waals surface area contributed by atoms with Crippen molar-refractivity contribution in [1.82, 2.24) is 0 Å². The van der Waals surface area contributed by atoms with Gasteiger partial charge in [0.05, 0.1) is 0 Å². The Labute approximate surface area is 71.7 Å². The first-order valence-corrected chi connectivity index (χ1v) is 3.65. The molecule has 1 aliphatic rings. The molecule has 0 nitrogen and oxygen atoms in total. The van der Waals surface area contributed by atoms with Crippen molar-refractivity contribution in [3.63, 3.8) is 0 Å². The zero-order chi connectivity index (χ0) is 10.2. The minimum Gasteiger partial charge on any atom is -0.211 e. The minimum absolute atomic E-state index is 0.0112. The Balaban J connectivity index is 3.19. The molecule has 0 aliphatic heterocycles. The van der Waals surface area contributed by atoms with Crippen molar-refractivity contribution in [3.05, 3.63) is 22.8 Å². The predicted molar refractivity (Wildman–Crippen MR) is 37.2 cm³/mol. The van der Waals surface area contributed by atoms with Crippen LogP contribution >= 0.6 is 0 Å². The van der Waals surface area contributed by atoms with E-state index < -0.39 is 23.4 Å². The molecule has 0 amide bonds. The van der Waals surface area contributed by atoms with Crippen molar-refractivity contribution >= 4 is 0 Å². The molecule has 0 unspecified atom stereocenters. The maximum Gasteiger partial charge on any atom is 0.421 e. The Morgan fingerprint density at radius 1 is 1.08 bits per heavy atom. The van der Waals surface area contributed by atoms with E-state index in [1.807, 2.05) is 0 Å². The summed E-state index contributed by atoms with van der Waals surface area (Å²) in [4.78, 5) is 0. The van der Waals surface area contributed by atoms with Crippen LogP contribution in [-0.4, -0.2) is 6.18 Å². The molecule has 0 atom stereocenters.